The Morgan fingerprint density at radius 3 is 2.45 bits per heavy atom. The molecule has 0 spiro atoms. The Hall–Kier alpha value is -2.35. The molecule has 0 saturated heterocycles. The van der Waals surface area contributed by atoms with Crippen molar-refractivity contribution in [1.82, 2.24) is 25.4 Å². The van der Waals surface area contributed by atoms with E-state index in [1.54, 1.807) is 6.07 Å². The maximum atomic E-state index is 12.9. The number of nitrogens with zero attached hydrogens (tertiary/aromatic N) is 3. The molecule has 0 atom stereocenters. The van der Waals surface area contributed by atoms with Crippen LogP contribution in [0.2, 0.25) is 0 Å². The molecule has 4 aliphatic rings. The molecule has 0 aliphatic heterocycles. The van der Waals surface area contributed by atoms with Crippen molar-refractivity contribution < 1.29 is 9.59 Å². The molecule has 33 heavy (non-hydrogen) atoms. The minimum Gasteiger partial charge on any atom is -0.350 e. The summed E-state index contributed by atoms with van der Waals surface area (Å²) in [5.74, 6) is 3.44. The summed E-state index contributed by atoms with van der Waals surface area (Å²) in [6.45, 7) is 4.97. The van der Waals surface area contributed by atoms with E-state index in [1.807, 2.05) is 36.6 Å². The summed E-state index contributed by atoms with van der Waals surface area (Å²) >= 11 is 1.43. The molecule has 7 nitrogen and oxygen atoms in total. The molecule has 1 heterocycles. The van der Waals surface area contributed by atoms with Gasteiger partial charge in [0.2, 0.25) is 5.91 Å². The van der Waals surface area contributed by atoms with Gasteiger partial charge >= 0.3 is 0 Å². The number of carbonyl (C=O) groups excluding carboxylic acids is 2. The summed E-state index contributed by atoms with van der Waals surface area (Å²) in [4.78, 5) is 25.3. The molecular formula is C25H33N5O2S. The normalized spacial score (nSPS) is 27.5. The van der Waals surface area contributed by atoms with Gasteiger partial charge in [0.1, 0.15) is 0 Å². The zero-order valence-corrected chi connectivity index (χ0v) is 20.3. The van der Waals surface area contributed by atoms with Crippen molar-refractivity contribution in [1.29, 1.82) is 0 Å². The largest absolute Gasteiger partial charge is 0.350 e. The zero-order valence-electron chi connectivity index (χ0n) is 19.5. The van der Waals surface area contributed by atoms with Crippen LogP contribution in [0.4, 0.5) is 0 Å². The highest BCUT2D eigenvalue weighted by atomic mass is 32.2. The van der Waals surface area contributed by atoms with Gasteiger partial charge in [-0.05, 0) is 82.3 Å². The fourth-order valence-electron chi connectivity index (χ4n) is 6.65. The van der Waals surface area contributed by atoms with Crippen LogP contribution in [0, 0.1) is 24.7 Å². The highest BCUT2D eigenvalue weighted by molar-refractivity contribution is 7.99. The van der Waals surface area contributed by atoms with Gasteiger partial charge in [0.15, 0.2) is 11.0 Å². The topological polar surface area (TPSA) is 88.9 Å². The van der Waals surface area contributed by atoms with Gasteiger partial charge < -0.3 is 15.2 Å². The van der Waals surface area contributed by atoms with E-state index in [2.05, 4.69) is 20.8 Å². The Bertz CT molecular complexity index is 1010. The number of aryl methyl sites for hydroxylation is 1. The lowest BCUT2D eigenvalue weighted by molar-refractivity contribution is -0.124. The van der Waals surface area contributed by atoms with Crippen molar-refractivity contribution in [2.24, 2.45) is 17.8 Å². The summed E-state index contributed by atoms with van der Waals surface area (Å²) in [5, 5.41) is 15.6. The SMILES string of the molecule is CCn1c(CNC(=O)c2cccc(C)c2)nnc1SCC(=O)NC12CC3CC(CC(C3)C1)C2. The van der Waals surface area contributed by atoms with E-state index in [-0.39, 0.29) is 17.4 Å². The molecule has 1 aromatic heterocycles. The van der Waals surface area contributed by atoms with Gasteiger partial charge in [-0.3, -0.25) is 9.59 Å². The lowest BCUT2D eigenvalue weighted by Gasteiger charge is -2.56. The van der Waals surface area contributed by atoms with Crippen LogP contribution >= 0.6 is 11.8 Å². The Morgan fingerprint density at radius 2 is 1.82 bits per heavy atom. The van der Waals surface area contributed by atoms with Crippen LogP contribution in [0.3, 0.4) is 0 Å². The first kappa shape index (κ1) is 22.4. The molecule has 4 aliphatic carbocycles. The first-order valence-electron chi connectivity index (χ1n) is 12.1. The highest BCUT2D eigenvalue weighted by Gasteiger charge is 2.51. The van der Waals surface area contributed by atoms with Crippen molar-refractivity contribution in [3.8, 4) is 0 Å². The molecular weight excluding hydrogens is 434 g/mol. The number of hydrogen-bond acceptors (Lipinski definition) is 5. The maximum absolute atomic E-state index is 12.9. The van der Waals surface area contributed by atoms with Gasteiger partial charge in [0.25, 0.3) is 5.91 Å². The Labute approximate surface area is 199 Å². The highest BCUT2D eigenvalue weighted by Crippen LogP contribution is 2.55. The first-order valence-corrected chi connectivity index (χ1v) is 13.1. The predicted molar refractivity (Wildman–Crippen MR) is 128 cm³/mol. The molecule has 4 bridgehead atoms. The number of carbonyl (C=O) groups is 2. The van der Waals surface area contributed by atoms with Gasteiger partial charge in [-0.2, -0.15) is 0 Å². The minimum atomic E-state index is -0.131. The van der Waals surface area contributed by atoms with E-state index in [0.717, 1.165) is 47.7 Å². The Morgan fingerprint density at radius 1 is 1.12 bits per heavy atom. The van der Waals surface area contributed by atoms with Gasteiger partial charge in [0.05, 0.1) is 12.3 Å². The molecule has 0 unspecified atom stereocenters. The van der Waals surface area contributed by atoms with Gasteiger partial charge in [-0.15, -0.1) is 10.2 Å². The fourth-order valence-corrected chi connectivity index (χ4v) is 7.47. The van der Waals surface area contributed by atoms with Crippen molar-refractivity contribution in [3.05, 3.63) is 41.2 Å². The van der Waals surface area contributed by atoms with Crippen LogP contribution in [0.15, 0.2) is 29.4 Å². The monoisotopic (exact) mass is 467 g/mol. The standard InChI is InChI=1S/C25H33N5O2S/c1-3-30-21(14-26-23(32)20-6-4-5-16(2)7-20)28-29-24(30)33-15-22(31)27-25-11-17-8-18(12-25)10-19(9-17)13-25/h4-7,17-19H,3,8-15H2,1-2H3,(H,26,32)(H,27,31). The number of rotatable bonds is 8. The van der Waals surface area contributed by atoms with E-state index in [1.165, 1.54) is 31.0 Å². The molecule has 2 aromatic rings. The third kappa shape index (κ3) is 4.81. The van der Waals surface area contributed by atoms with Crippen LogP contribution in [0.5, 0.6) is 0 Å². The van der Waals surface area contributed by atoms with E-state index < -0.39 is 0 Å². The van der Waals surface area contributed by atoms with Crippen molar-refractivity contribution in [2.75, 3.05) is 5.75 Å². The third-order valence-electron chi connectivity index (χ3n) is 7.57. The minimum absolute atomic E-state index is 0.0378. The smallest absolute Gasteiger partial charge is 0.251 e. The van der Waals surface area contributed by atoms with Crippen LogP contribution in [-0.2, 0) is 17.9 Å². The Kier molecular flexibility index (Phi) is 6.20. The average molecular weight is 468 g/mol. The van der Waals surface area contributed by atoms with Crippen molar-refractivity contribution in [3.63, 3.8) is 0 Å². The summed E-state index contributed by atoms with van der Waals surface area (Å²) in [5.41, 5.74) is 1.72. The van der Waals surface area contributed by atoms with Crippen molar-refractivity contribution in [2.45, 2.75) is 76.2 Å². The first-order chi connectivity index (χ1) is 15.9. The molecule has 8 heteroatoms. The lowest BCUT2D eigenvalue weighted by atomic mass is 9.53. The van der Waals surface area contributed by atoms with Crippen molar-refractivity contribution >= 4 is 23.6 Å². The fraction of sp³-hybridized carbons (Fsp3) is 0.600. The summed E-state index contributed by atoms with van der Waals surface area (Å²) in [6, 6.07) is 7.51. The molecule has 2 N–H and O–H groups in total. The Balaban J connectivity index is 1.16. The molecule has 6 rings (SSSR count). The quantitative estimate of drug-likeness (QED) is 0.578. The van der Waals surface area contributed by atoms with E-state index in [9.17, 15) is 9.59 Å². The van der Waals surface area contributed by atoms with Crippen LogP contribution in [-0.4, -0.2) is 37.9 Å². The number of nitrogens with one attached hydrogen (secondary N) is 2. The summed E-state index contributed by atoms with van der Waals surface area (Å²) in [6.07, 6.45) is 7.58. The molecule has 4 saturated carbocycles. The third-order valence-corrected chi connectivity index (χ3v) is 8.54. The molecule has 4 fully saturated rings. The number of amides is 2. The van der Waals surface area contributed by atoms with Crippen LogP contribution in [0.25, 0.3) is 0 Å². The van der Waals surface area contributed by atoms with E-state index >= 15 is 0 Å². The van der Waals surface area contributed by atoms with Crippen LogP contribution < -0.4 is 10.6 Å². The second-order valence-corrected chi connectivity index (χ2v) is 11.2. The second kappa shape index (κ2) is 9.12. The summed E-state index contributed by atoms with van der Waals surface area (Å²) < 4.78 is 1.97. The number of thioether (sulfide) groups is 1. The molecule has 176 valence electrons. The van der Waals surface area contributed by atoms with E-state index in [0.29, 0.717) is 30.2 Å². The molecule has 1 aromatic carbocycles. The number of benzene rings is 1. The maximum Gasteiger partial charge on any atom is 0.251 e. The molecule has 0 radical (unpaired) electrons. The molecule has 2 amide bonds. The predicted octanol–water partition coefficient (Wildman–Crippen LogP) is 3.71. The average Bonchev–Trinajstić information content (AvgIpc) is 3.16. The van der Waals surface area contributed by atoms with Crippen LogP contribution in [0.1, 0.15) is 67.2 Å². The van der Waals surface area contributed by atoms with Gasteiger partial charge in [-0.1, -0.05) is 29.5 Å². The van der Waals surface area contributed by atoms with E-state index in [4.69, 9.17) is 0 Å². The lowest BCUT2D eigenvalue weighted by Crippen LogP contribution is -2.60. The summed E-state index contributed by atoms with van der Waals surface area (Å²) in [7, 11) is 0. The van der Waals surface area contributed by atoms with Gasteiger partial charge in [-0.25, -0.2) is 0 Å². The van der Waals surface area contributed by atoms with Gasteiger partial charge in [0, 0.05) is 17.6 Å². The number of aromatic nitrogens is 3. The second-order valence-electron chi connectivity index (χ2n) is 10.2. The zero-order chi connectivity index (χ0) is 23.0. The number of hydrogen-bond donors (Lipinski definition) is 2.